The van der Waals surface area contributed by atoms with E-state index < -0.39 is 10.1 Å². The lowest BCUT2D eigenvalue weighted by Gasteiger charge is -2.44. The van der Waals surface area contributed by atoms with Crippen LogP contribution in [-0.2, 0) is 25.6 Å². The van der Waals surface area contributed by atoms with Gasteiger partial charge in [-0.3, -0.25) is 9.08 Å². The van der Waals surface area contributed by atoms with Crippen LogP contribution in [0, 0.1) is 0 Å². The van der Waals surface area contributed by atoms with Gasteiger partial charge in [0.1, 0.15) is 6.61 Å². The zero-order chi connectivity index (χ0) is 19.2. The summed E-state index contributed by atoms with van der Waals surface area (Å²) in [6.45, 7) is 6.47. The minimum absolute atomic E-state index is 0.168. The number of rotatable bonds is 7. The molecule has 0 N–H and O–H groups in total. The van der Waals surface area contributed by atoms with Crippen molar-refractivity contribution in [2.24, 2.45) is 0 Å². The maximum atomic E-state index is 12.3. The predicted octanol–water partition coefficient (Wildman–Crippen LogP) is 2.08. The fourth-order valence-electron chi connectivity index (χ4n) is 3.21. The van der Waals surface area contributed by atoms with Gasteiger partial charge in [0.2, 0.25) is 0 Å². The van der Waals surface area contributed by atoms with E-state index in [0.29, 0.717) is 19.5 Å². The largest absolute Gasteiger partial charge is 0.445 e. The van der Waals surface area contributed by atoms with Gasteiger partial charge >= 0.3 is 6.09 Å². The lowest BCUT2D eigenvalue weighted by Crippen LogP contribution is -2.58. The quantitative estimate of drug-likeness (QED) is 0.529. The van der Waals surface area contributed by atoms with Crippen LogP contribution in [0.4, 0.5) is 4.79 Å². The van der Waals surface area contributed by atoms with Gasteiger partial charge in [0.15, 0.2) is 0 Å². The molecule has 0 aliphatic carbocycles. The van der Waals surface area contributed by atoms with E-state index in [1.807, 2.05) is 30.3 Å². The van der Waals surface area contributed by atoms with Gasteiger partial charge in [-0.25, -0.2) is 4.79 Å². The standard InChI is InChI=1S/C18H28N2O5S/c1-15-12-19(18(21)24-14-17-8-5-4-6-9-17)13-16(2)20(15)10-7-11-25-26(3,22)23/h4-6,8-9,15-16H,7,10-14H2,1-3H3/t15-,16+. The highest BCUT2D eigenvalue weighted by Crippen LogP contribution is 2.17. The molecule has 146 valence electrons. The normalized spacial score (nSPS) is 21.6. The van der Waals surface area contributed by atoms with Crippen molar-refractivity contribution in [3.63, 3.8) is 0 Å². The number of benzene rings is 1. The Bertz CT molecular complexity index is 668. The number of hydrogen-bond acceptors (Lipinski definition) is 6. The summed E-state index contributed by atoms with van der Waals surface area (Å²) in [4.78, 5) is 16.3. The van der Waals surface area contributed by atoms with Crippen LogP contribution in [0.15, 0.2) is 30.3 Å². The summed E-state index contributed by atoms with van der Waals surface area (Å²) in [5, 5.41) is 0. The molecule has 8 heteroatoms. The molecule has 1 amide bonds. The van der Waals surface area contributed by atoms with Gasteiger partial charge in [0.05, 0.1) is 12.9 Å². The van der Waals surface area contributed by atoms with E-state index in [-0.39, 0.29) is 31.4 Å². The maximum absolute atomic E-state index is 12.3. The van der Waals surface area contributed by atoms with Crippen LogP contribution in [0.5, 0.6) is 0 Å². The molecule has 0 radical (unpaired) electrons. The van der Waals surface area contributed by atoms with Crippen molar-refractivity contribution in [2.45, 2.75) is 39.0 Å². The average Bonchev–Trinajstić information content (AvgIpc) is 2.58. The van der Waals surface area contributed by atoms with Crippen molar-refractivity contribution >= 4 is 16.2 Å². The summed E-state index contributed by atoms with van der Waals surface area (Å²) in [6, 6.07) is 9.94. The molecule has 1 heterocycles. The maximum Gasteiger partial charge on any atom is 0.410 e. The second kappa shape index (κ2) is 9.34. The smallest absolute Gasteiger partial charge is 0.410 e. The average molecular weight is 384 g/mol. The molecule has 2 rings (SSSR count). The summed E-state index contributed by atoms with van der Waals surface area (Å²) in [7, 11) is -3.39. The van der Waals surface area contributed by atoms with Crippen LogP contribution in [0.25, 0.3) is 0 Å². The Morgan fingerprint density at radius 3 is 2.35 bits per heavy atom. The first-order valence-corrected chi connectivity index (χ1v) is 10.6. The molecule has 1 aliphatic rings. The molecule has 1 aromatic carbocycles. The first kappa shape index (κ1) is 20.7. The summed E-state index contributed by atoms with van der Waals surface area (Å²) in [5.41, 5.74) is 0.964. The Labute approximate surface area is 156 Å². The highest BCUT2D eigenvalue weighted by Gasteiger charge is 2.32. The molecule has 0 spiro atoms. The fourth-order valence-corrected chi connectivity index (χ4v) is 3.64. The van der Waals surface area contributed by atoms with Crippen molar-refractivity contribution in [1.29, 1.82) is 0 Å². The lowest BCUT2D eigenvalue weighted by molar-refractivity contribution is 0.0231. The lowest BCUT2D eigenvalue weighted by atomic mass is 10.1. The Kier molecular flexibility index (Phi) is 7.43. The molecule has 0 saturated carbocycles. The monoisotopic (exact) mass is 384 g/mol. The number of piperazine rings is 1. The van der Waals surface area contributed by atoms with E-state index in [2.05, 4.69) is 18.7 Å². The van der Waals surface area contributed by atoms with Crippen LogP contribution >= 0.6 is 0 Å². The topological polar surface area (TPSA) is 76.2 Å². The molecule has 2 atom stereocenters. The zero-order valence-corrected chi connectivity index (χ0v) is 16.4. The predicted molar refractivity (Wildman–Crippen MR) is 99.2 cm³/mol. The SMILES string of the molecule is C[C@@H]1CN(C(=O)OCc2ccccc2)C[C@H](C)N1CCCOS(C)(=O)=O. The molecule has 1 aliphatic heterocycles. The summed E-state index contributed by atoms with van der Waals surface area (Å²) < 4.78 is 32.2. The zero-order valence-electron chi connectivity index (χ0n) is 15.6. The van der Waals surface area contributed by atoms with Crippen LogP contribution in [0.3, 0.4) is 0 Å². The molecule has 1 fully saturated rings. The first-order valence-electron chi connectivity index (χ1n) is 8.82. The third kappa shape index (κ3) is 6.59. The summed E-state index contributed by atoms with van der Waals surface area (Å²) in [6.07, 6.45) is 1.38. The second-order valence-corrected chi connectivity index (χ2v) is 8.40. The highest BCUT2D eigenvalue weighted by molar-refractivity contribution is 7.85. The van der Waals surface area contributed by atoms with Crippen LogP contribution in [-0.4, -0.2) is 68.9 Å². The van der Waals surface area contributed by atoms with Crippen molar-refractivity contribution < 1.29 is 22.1 Å². The van der Waals surface area contributed by atoms with Crippen LogP contribution in [0.2, 0.25) is 0 Å². The minimum atomic E-state index is -3.39. The third-order valence-electron chi connectivity index (χ3n) is 4.42. The molecule has 0 bridgehead atoms. The van der Waals surface area contributed by atoms with Gasteiger partial charge in [0, 0.05) is 31.7 Å². The molecule has 0 unspecified atom stereocenters. The second-order valence-electron chi connectivity index (χ2n) is 6.76. The van der Waals surface area contributed by atoms with Crippen molar-refractivity contribution in [3.05, 3.63) is 35.9 Å². The van der Waals surface area contributed by atoms with E-state index in [1.165, 1.54) is 0 Å². The third-order valence-corrected chi connectivity index (χ3v) is 5.02. The summed E-state index contributed by atoms with van der Waals surface area (Å²) >= 11 is 0. The van der Waals surface area contributed by atoms with E-state index >= 15 is 0 Å². The Hall–Kier alpha value is -1.64. The minimum Gasteiger partial charge on any atom is -0.445 e. The number of ether oxygens (including phenoxy) is 1. The van der Waals surface area contributed by atoms with Gasteiger partial charge in [0.25, 0.3) is 10.1 Å². The number of carbonyl (C=O) groups is 1. The Balaban J connectivity index is 1.78. The fraction of sp³-hybridized carbons (Fsp3) is 0.611. The number of carbonyl (C=O) groups excluding carboxylic acids is 1. The van der Waals surface area contributed by atoms with Crippen molar-refractivity contribution in [3.8, 4) is 0 Å². The number of hydrogen-bond donors (Lipinski definition) is 0. The van der Waals surface area contributed by atoms with Gasteiger partial charge in [-0.1, -0.05) is 30.3 Å². The number of nitrogens with zero attached hydrogens (tertiary/aromatic N) is 2. The van der Waals surface area contributed by atoms with Gasteiger partial charge in [-0.15, -0.1) is 0 Å². The molecule has 7 nitrogen and oxygen atoms in total. The molecular formula is C18H28N2O5S. The molecule has 1 saturated heterocycles. The number of amides is 1. The summed E-state index contributed by atoms with van der Waals surface area (Å²) in [5.74, 6) is 0. The molecule has 26 heavy (non-hydrogen) atoms. The Morgan fingerprint density at radius 1 is 1.15 bits per heavy atom. The van der Waals surface area contributed by atoms with E-state index in [9.17, 15) is 13.2 Å². The Morgan fingerprint density at radius 2 is 1.77 bits per heavy atom. The van der Waals surface area contributed by atoms with Crippen molar-refractivity contribution in [1.82, 2.24) is 9.80 Å². The van der Waals surface area contributed by atoms with Gasteiger partial charge in [-0.2, -0.15) is 8.42 Å². The molecule has 0 aromatic heterocycles. The van der Waals surface area contributed by atoms with Crippen molar-refractivity contribution in [2.75, 3.05) is 32.5 Å². The van der Waals surface area contributed by atoms with Gasteiger partial charge in [-0.05, 0) is 25.8 Å². The van der Waals surface area contributed by atoms with E-state index in [0.717, 1.165) is 18.4 Å². The highest BCUT2D eigenvalue weighted by atomic mass is 32.2. The van der Waals surface area contributed by atoms with Crippen LogP contribution in [0.1, 0.15) is 25.8 Å². The molecule has 1 aromatic rings. The van der Waals surface area contributed by atoms with E-state index in [1.54, 1.807) is 4.90 Å². The van der Waals surface area contributed by atoms with E-state index in [4.69, 9.17) is 8.92 Å². The first-order chi connectivity index (χ1) is 12.3. The van der Waals surface area contributed by atoms with Crippen LogP contribution < -0.4 is 0 Å². The molecular weight excluding hydrogens is 356 g/mol. The van der Waals surface area contributed by atoms with Gasteiger partial charge < -0.3 is 9.64 Å².